The second-order valence-corrected chi connectivity index (χ2v) is 7.12. The second-order valence-electron chi connectivity index (χ2n) is 6.72. The van der Waals surface area contributed by atoms with Gasteiger partial charge >= 0.3 is 0 Å². The first-order valence-corrected chi connectivity index (χ1v) is 9.91. The number of fused-ring (bicyclic) bond motifs is 1. The van der Waals surface area contributed by atoms with Gasteiger partial charge in [-0.05, 0) is 24.1 Å². The molecule has 1 amide bonds. The lowest BCUT2D eigenvalue weighted by Gasteiger charge is -2.20. The quantitative estimate of drug-likeness (QED) is 0.622. The van der Waals surface area contributed by atoms with Gasteiger partial charge in [-0.25, -0.2) is 4.98 Å². The van der Waals surface area contributed by atoms with Crippen LogP contribution in [0.4, 0.5) is 0 Å². The van der Waals surface area contributed by atoms with Crippen molar-refractivity contribution in [1.82, 2.24) is 10.3 Å². The summed E-state index contributed by atoms with van der Waals surface area (Å²) in [6.07, 6.45) is 3.37. The number of amides is 1. The van der Waals surface area contributed by atoms with Gasteiger partial charge in [0, 0.05) is 24.9 Å². The molecule has 7 heteroatoms. The zero-order valence-electron chi connectivity index (χ0n) is 15.8. The standard InChI is InChI=1S/C22H21ClN2O4/c23-17-11-15(12-18-22(17)28-10-9-27-18)13-24-20(26)7-4-8-21-25-14-19(29-21)16-5-2-1-3-6-16/h1-3,5-6,11-12,14H,4,7-10,13H2,(H,24,26). The molecule has 2 heterocycles. The smallest absolute Gasteiger partial charge is 0.220 e. The third kappa shape index (κ3) is 4.90. The number of rotatable bonds is 7. The van der Waals surface area contributed by atoms with Gasteiger partial charge in [0.15, 0.2) is 23.1 Å². The van der Waals surface area contributed by atoms with Gasteiger partial charge in [-0.15, -0.1) is 0 Å². The van der Waals surface area contributed by atoms with Crippen molar-refractivity contribution in [2.75, 3.05) is 13.2 Å². The molecule has 1 aliphatic rings. The highest BCUT2D eigenvalue weighted by Crippen LogP contribution is 2.38. The van der Waals surface area contributed by atoms with E-state index >= 15 is 0 Å². The number of aryl methyl sites for hydroxylation is 1. The number of aromatic nitrogens is 1. The highest BCUT2D eigenvalue weighted by Gasteiger charge is 2.17. The summed E-state index contributed by atoms with van der Waals surface area (Å²) in [6, 6.07) is 13.4. The molecule has 0 saturated heterocycles. The predicted octanol–water partition coefficient (Wildman–Crippen LogP) is 4.41. The maximum atomic E-state index is 12.2. The van der Waals surface area contributed by atoms with E-state index in [1.807, 2.05) is 36.4 Å². The van der Waals surface area contributed by atoms with E-state index in [1.165, 1.54) is 0 Å². The average Bonchev–Trinajstić information content (AvgIpc) is 3.22. The van der Waals surface area contributed by atoms with Crippen LogP contribution in [0.1, 0.15) is 24.3 Å². The van der Waals surface area contributed by atoms with Crippen LogP contribution in [-0.2, 0) is 17.8 Å². The number of nitrogens with one attached hydrogen (secondary N) is 1. The van der Waals surface area contributed by atoms with Crippen LogP contribution in [0, 0.1) is 0 Å². The Bertz CT molecular complexity index is 988. The summed E-state index contributed by atoms with van der Waals surface area (Å²) >= 11 is 6.23. The molecular weight excluding hydrogens is 392 g/mol. The molecule has 3 aromatic rings. The van der Waals surface area contributed by atoms with Crippen molar-refractivity contribution >= 4 is 17.5 Å². The third-order valence-corrected chi connectivity index (χ3v) is 4.83. The SMILES string of the molecule is O=C(CCCc1ncc(-c2ccccc2)o1)NCc1cc(Cl)c2c(c1)OCCO2. The molecule has 4 rings (SSSR count). The first-order valence-electron chi connectivity index (χ1n) is 9.54. The van der Waals surface area contributed by atoms with Gasteiger partial charge in [-0.1, -0.05) is 41.9 Å². The van der Waals surface area contributed by atoms with E-state index < -0.39 is 0 Å². The molecule has 1 N–H and O–H groups in total. The number of benzene rings is 2. The van der Waals surface area contributed by atoms with Crippen LogP contribution in [0.3, 0.4) is 0 Å². The summed E-state index contributed by atoms with van der Waals surface area (Å²) in [6.45, 7) is 1.36. The molecule has 6 nitrogen and oxygen atoms in total. The lowest BCUT2D eigenvalue weighted by atomic mass is 10.1. The fraction of sp³-hybridized carbons (Fsp3) is 0.273. The molecule has 0 spiro atoms. The zero-order chi connectivity index (χ0) is 20.1. The molecule has 2 aromatic carbocycles. The van der Waals surface area contributed by atoms with Crippen LogP contribution in [0.15, 0.2) is 53.1 Å². The van der Waals surface area contributed by atoms with Crippen LogP contribution >= 0.6 is 11.6 Å². The number of carbonyl (C=O) groups excluding carboxylic acids is 1. The number of carbonyl (C=O) groups is 1. The Labute approximate surface area is 173 Å². The number of oxazole rings is 1. The van der Waals surface area contributed by atoms with Crippen LogP contribution in [0.2, 0.25) is 5.02 Å². The van der Waals surface area contributed by atoms with Crippen molar-refractivity contribution in [3.05, 3.63) is 65.1 Å². The third-order valence-electron chi connectivity index (χ3n) is 4.55. The van der Waals surface area contributed by atoms with Crippen molar-refractivity contribution in [3.63, 3.8) is 0 Å². The summed E-state index contributed by atoms with van der Waals surface area (Å²) < 4.78 is 16.8. The Morgan fingerprint density at radius 1 is 1.14 bits per heavy atom. The summed E-state index contributed by atoms with van der Waals surface area (Å²) in [5.41, 5.74) is 1.86. The van der Waals surface area contributed by atoms with Crippen molar-refractivity contribution in [3.8, 4) is 22.8 Å². The Hall–Kier alpha value is -2.99. The normalized spacial score (nSPS) is 12.6. The topological polar surface area (TPSA) is 73.6 Å². The molecule has 1 aromatic heterocycles. The summed E-state index contributed by atoms with van der Waals surface area (Å²) in [7, 11) is 0. The van der Waals surface area contributed by atoms with Crippen molar-refractivity contribution in [2.45, 2.75) is 25.8 Å². The van der Waals surface area contributed by atoms with Gasteiger partial charge in [0.1, 0.15) is 13.2 Å². The van der Waals surface area contributed by atoms with E-state index in [0.29, 0.717) is 61.4 Å². The Morgan fingerprint density at radius 2 is 1.97 bits per heavy atom. The van der Waals surface area contributed by atoms with Crippen LogP contribution in [-0.4, -0.2) is 24.1 Å². The monoisotopic (exact) mass is 412 g/mol. The number of hydrogen-bond donors (Lipinski definition) is 1. The van der Waals surface area contributed by atoms with Gasteiger partial charge in [0.05, 0.1) is 11.2 Å². The highest BCUT2D eigenvalue weighted by molar-refractivity contribution is 6.32. The Kier molecular flexibility index (Phi) is 6.00. The zero-order valence-corrected chi connectivity index (χ0v) is 16.6. The van der Waals surface area contributed by atoms with E-state index in [2.05, 4.69) is 10.3 Å². The van der Waals surface area contributed by atoms with E-state index in [-0.39, 0.29) is 5.91 Å². The Balaban J connectivity index is 1.24. The van der Waals surface area contributed by atoms with E-state index in [0.717, 1.165) is 16.9 Å². The maximum Gasteiger partial charge on any atom is 0.220 e. The lowest BCUT2D eigenvalue weighted by molar-refractivity contribution is -0.121. The molecule has 0 radical (unpaired) electrons. The fourth-order valence-corrected chi connectivity index (χ4v) is 3.41. The van der Waals surface area contributed by atoms with Gasteiger partial charge in [-0.2, -0.15) is 0 Å². The van der Waals surface area contributed by atoms with E-state index in [1.54, 1.807) is 12.3 Å². The molecule has 0 bridgehead atoms. The molecule has 0 aliphatic carbocycles. The minimum absolute atomic E-state index is 0.0362. The van der Waals surface area contributed by atoms with Gasteiger partial charge < -0.3 is 19.2 Å². The summed E-state index contributed by atoms with van der Waals surface area (Å²) in [5.74, 6) is 2.52. The highest BCUT2D eigenvalue weighted by atomic mass is 35.5. The first-order chi connectivity index (χ1) is 14.2. The van der Waals surface area contributed by atoms with Crippen LogP contribution < -0.4 is 14.8 Å². The van der Waals surface area contributed by atoms with Gasteiger partial charge in [0.2, 0.25) is 5.91 Å². The second kappa shape index (κ2) is 9.01. The number of nitrogens with zero attached hydrogens (tertiary/aromatic N) is 1. The molecule has 0 saturated carbocycles. The van der Waals surface area contributed by atoms with Crippen molar-refractivity contribution < 1.29 is 18.7 Å². The number of hydrogen-bond acceptors (Lipinski definition) is 5. The van der Waals surface area contributed by atoms with Crippen LogP contribution in [0.5, 0.6) is 11.5 Å². The molecule has 0 unspecified atom stereocenters. The van der Waals surface area contributed by atoms with E-state index in [9.17, 15) is 4.79 Å². The minimum Gasteiger partial charge on any atom is -0.486 e. The van der Waals surface area contributed by atoms with Crippen molar-refractivity contribution in [1.29, 1.82) is 0 Å². The number of ether oxygens (including phenoxy) is 2. The Morgan fingerprint density at radius 3 is 2.83 bits per heavy atom. The molecular formula is C22H21ClN2O4. The predicted molar refractivity (Wildman–Crippen MR) is 109 cm³/mol. The summed E-state index contributed by atoms with van der Waals surface area (Å²) in [4.78, 5) is 16.5. The van der Waals surface area contributed by atoms with Gasteiger partial charge in [0.25, 0.3) is 0 Å². The fourth-order valence-electron chi connectivity index (χ4n) is 3.12. The molecule has 0 fully saturated rings. The molecule has 150 valence electrons. The minimum atomic E-state index is -0.0362. The van der Waals surface area contributed by atoms with Crippen molar-refractivity contribution in [2.24, 2.45) is 0 Å². The van der Waals surface area contributed by atoms with Gasteiger partial charge in [-0.3, -0.25) is 4.79 Å². The number of halogens is 1. The molecule has 0 atom stereocenters. The van der Waals surface area contributed by atoms with Crippen LogP contribution in [0.25, 0.3) is 11.3 Å². The molecule has 1 aliphatic heterocycles. The van der Waals surface area contributed by atoms with E-state index in [4.69, 9.17) is 25.5 Å². The summed E-state index contributed by atoms with van der Waals surface area (Å²) in [5, 5.41) is 3.40. The largest absolute Gasteiger partial charge is 0.486 e. The average molecular weight is 413 g/mol. The maximum absolute atomic E-state index is 12.2. The first kappa shape index (κ1) is 19.3. The molecule has 29 heavy (non-hydrogen) atoms. The lowest BCUT2D eigenvalue weighted by Crippen LogP contribution is -2.23.